The summed E-state index contributed by atoms with van der Waals surface area (Å²) in [5.74, 6) is 0. The first kappa shape index (κ1) is 14.2. The van der Waals surface area contributed by atoms with Gasteiger partial charge in [0.2, 0.25) is 0 Å². The zero-order valence-electron chi connectivity index (χ0n) is 11.2. The van der Waals surface area contributed by atoms with E-state index in [-0.39, 0.29) is 0 Å². The van der Waals surface area contributed by atoms with Crippen molar-refractivity contribution in [2.24, 2.45) is 7.05 Å². The number of anilines is 1. The average Bonchev–Trinajstić information content (AvgIpc) is 2.72. The van der Waals surface area contributed by atoms with E-state index in [1.807, 2.05) is 36.7 Å². The van der Waals surface area contributed by atoms with E-state index in [9.17, 15) is 0 Å². The third-order valence-corrected chi connectivity index (χ3v) is 3.82. The minimum Gasteiger partial charge on any atom is -0.380 e. The summed E-state index contributed by atoms with van der Waals surface area (Å²) in [5, 5.41) is 21.4. The molecule has 2 aromatic rings. The van der Waals surface area contributed by atoms with Crippen molar-refractivity contribution in [2.75, 3.05) is 5.32 Å². The van der Waals surface area contributed by atoms with E-state index in [1.54, 1.807) is 6.07 Å². The van der Waals surface area contributed by atoms with Crippen LogP contribution in [0.2, 0.25) is 0 Å². The van der Waals surface area contributed by atoms with Crippen LogP contribution in [0.5, 0.6) is 0 Å². The van der Waals surface area contributed by atoms with Crippen LogP contribution in [0.15, 0.2) is 28.7 Å². The molecule has 100 valence electrons. The molecule has 1 heterocycles. The highest BCUT2D eigenvalue weighted by molar-refractivity contribution is 9.10. The number of hydrogen-bond donors (Lipinski definition) is 1. The summed E-state index contributed by atoms with van der Waals surface area (Å²) in [5.41, 5.74) is 4.11. The average molecular weight is 329 g/mol. The van der Waals surface area contributed by atoms with Crippen LogP contribution in [0.25, 0.3) is 0 Å². The standard InChI is InChI=1S/C15H13BrN4/c1-10-12(5-14(8-18)20(10)2)9-19-15-6-13(16)4-3-11(15)7-17/h3-6,19H,9H2,1-2H3. The Morgan fingerprint density at radius 3 is 2.60 bits per heavy atom. The fraction of sp³-hybridized carbons (Fsp3) is 0.200. The molecule has 2 rings (SSSR count). The van der Waals surface area contributed by atoms with Gasteiger partial charge in [-0.25, -0.2) is 0 Å². The quantitative estimate of drug-likeness (QED) is 0.938. The number of rotatable bonds is 3. The van der Waals surface area contributed by atoms with E-state index < -0.39 is 0 Å². The van der Waals surface area contributed by atoms with Gasteiger partial charge in [0.05, 0.1) is 11.3 Å². The molecule has 0 unspecified atom stereocenters. The first-order chi connectivity index (χ1) is 9.56. The van der Waals surface area contributed by atoms with Gasteiger partial charge in [-0.3, -0.25) is 0 Å². The number of nitriles is 2. The highest BCUT2D eigenvalue weighted by Crippen LogP contribution is 2.22. The van der Waals surface area contributed by atoms with Crippen molar-refractivity contribution in [1.82, 2.24) is 4.57 Å². The molecule has 0 aliphatic heterocycles. The highest BCUT2D eigenvalue weighted by Gasteiger charge is 2.09. The van der Waals surface area contributed by atoms with E-state index in [4.69, 9.17) is 10.5 Å². The first-order valence-corrected chi connectivity index (χ1v) is 6.85. The maximum atomic E-state index is 9.09. The summed E-state index contributed by atoms with van der Waals surface area (Å²) in [4.78, 5) is 0. The van der Waals surface area contributed by atoms with Crippen LogP contribution in [0.1, 0.15) is 22.5 Å². The largest absolute Gasteiger partial charge is 0.380 e. The van der Waals surface area contributed by atoms with Gasteiger partial charge >= 0.3 is 0 Å². The molecule has 0 aliphatic carbocycles. The number of halogens is 1. The molecule has 0 bridgehead atoms. The minimum absolute atomic E-state index is 0.576. The Hall–Kier alpha value is -2.24. The van der Waals surface area contributed by atoms with Crippen molar-refractivity contribution in [3.63, 3.8) is 0 Å². The molecule has 0 amide bonds. The Kier molecular flexibility index (Phi) is 4.12. The summed E-state index contributed by atoms with van der Waals surface area (Å²) < 4.78 is 2.78. The minimum atomic E-state index is 0.576. The van der Waals surface area contributed by atoms with Gasteiger partial charge in [0.1, 0.15) is 17.8 Å². The van der Waals surface area contributed by atoms with Gasteiger partial charge in [0.25, 0.3) is 0 Å². The summed E-state index contributed by atoms with van der Waals surface area (Å²) in [6.45, 7) is 2.55. The smallest absolute Gasteiger partial charge is 0.120 e. The lowest BCUT2D eigenvalue weighted by atomic mass is 10.2. The third kappa shape index (κ3) is 2.68. The Morgan fingerprint density at radius 2 is 2.00 bits per heavy atom. The van der Waals surface area contributed by atoms with Crippen LogP contribution in [-0.4, -0.2) is 4.57 Å². The molecule has 1 N–H and O–H groups in total. The number of nitrogens with zero attached hydrogens (tertiary/aromatic N) is 3. The van der Waals surface area contributed by atoms with Gasteiger partial charge in [0.15, 0.2) is 0 Å². The zero-order chi connectivity index (χ0) is 14.7. The van der Waals surface area contributed by atoms with Crippen LogP contribution >= 0.6 is 15.9 Å². The molecule has 1 aromatic heterocycles. The molecule has 0 fully saturated rings. The van der Waals surface area contributed by atoms with Gasteiger partial charge in [-0.15, -0.1) is 0 Å². The van der Waals surface area contributed by atoms with Crippen molar-refractivity contribution in [3.8, 4) is 12.1 Å². The van der Waals surface area contributed by atoms with Crippen LogP contribution < -0.4 is 5.32 Å². The van der Waals surface area contributed by atoms with Gasteiger partial charge < -0.3 is 9.88 Å². The molecule has 0 saturated carbocycles. The number of hydrogen-bond acceptors (Lipinski definition) is 3. The van der Waals surface area contributed by atoms with E-state index in [0.29, 0.717) is 17.8 Å². The maximum absolute atomic E-state index is 9.09. The summed E-state index contributed by atoms with van der Waals surface area (Å²) >= 11 is 3.40. The molecule has 0 spiro atoms. The molecule has 0 radical (unpaired) electrons. The third-order valence-electron chi connectivity index (χ3n) is 3.33. The maximum Gasteiger partial charge on any atom is 0.120 e. The second-order valence-electron chi connectivity index (χ2n) is 4.47. The topological polar surface area (TPSA) is 64.5 Å². The molecule has 0 aliphatic rings. The van der Waals surface area contributed by atoms with Crippen LogP contribution in [0.3, 0.4) is 0 Å². The molecule has 1 aromatic carbocycles. The molecular weight excluding hydrogens is 316 g/mol. The fourth-order valence-corrected chi connectivity index (χ4v) is 2.36. The summed E-state index contributed by atoms with van der Waals surface area (Å²) in [6.07, 6.45) is 0. The van der Waals surface area contributed by atoms with Gasteiger partial charge in [0, 0.05) is 23.8 Å². The monoisotopic (exact) mass is 328 g/mol. The lowest BCUT2D eigenvalue weighted by Crippen LogP contribution is -2.03. The van der Waals surface area contributed by atoms with Crippen LogP contribution in [0.4, 0.5) is 5.69 Å². The van der Waals surface area contributed by atoms with Crippen LogP contribution in [0, 0.1) is 29.6 Å². The van der Waals surface area contributed by atoms with Gasteiger partial charge in [-0.2, -0.15) is 10.5 Å². The molecular formula is C15H13BrN4. The van der Waals surface area contributed by atoms with E-state index in [1.165, 1.54) is 0 Å². The SMILES string of the molecule is Cc1c(CNc2cc(Br)ccc2C#N)cc(C#N)n1C. The molecule has 4 nitrogen and oxygen atoms in total. The van der Waals surface area contributed by atoms with Gasteiger partial charge in [-0.1, -0.05) is 15.9 Å². The number of aromatic nitrogens is 1. The Labute approximate surface area is 126 Å². The van der Waals surface area contributed by atoms with Crippen molar-refractivity contribution >= 4 is 21.6 Å². The second-order valence-corrected chi connectivity index (χ2v) is 5.38. The Morgan fingerprint density at radius 1 is 1.25 bits per heavy atom. The highest BCUT2D eigenvalue weighted by atomic mass is 79.9. The van der Waals surface area contributed by atoms with E-state index in [0.717, 1.165) is 21.4 Å². The normalized spacial score (nSPS) is 9.85. The fourth-order valence-electron chi connectivity index (χ4n) is 2.00. The molecule has 20 heavy (non-hydrogen) atoms. The first-order valence-electron chi connectivity index (χ1n) is 6.05. The summed E-state index contributed by atoms with van der Waals surface area (Å²) in [7, 11) is 1.87. The zero-order valence-corrected chi connectivity index (χ0v) is 12.8. The molecule has 0 atom stereocenters. The molecule has 0 saturated heterocycles. The Bertz CT molecular complexity index is 732. The van der Waals surface area contributed by atoms with E-state index >= 15 is 0 Å². The number of benzene rings is 1. The molecule has 5 heteroatoms. The summed E-state index contributed by atoms with van der Waals surface area (Å²) in [6, 6.07) is 11.7. The number of nitrogens with one attached hydrogen (secondary N) is 1. The lowest BCUT2D eigenvalue weighted by molar-refractivity contribution is 0.856. The van der Waals surface area contributed by atoms with Gasteiger partial charge in [-0.05, 0) is 36.8 Å². The Balaban J connectivity index is 2.24. The van der Waals surface area contributed by atoms with E-state index in [2.05, 4.69) is 33.4 Å². The second kappa shape index (κ2) is 5.81. The van der Waals surface area contributed by atoms with Crippen LogP contribution in [-0.2, 0) is 13.6 Å². The van der Waals surface area contributed by atoms with Crippen molar-refractivity contribution < 1.29 is 0 Å². The lowest BCUT2D eigenvalue weighted by Gasteiger charge is -2.09. The predicted molar refractivity (Wildman–Crippen MR) is 81.0 cm³/mol. The van der Waals surface area contributed by atoms with Crippen molar-refractivity contribution in [3.05, 3.63) is 51.3 Å². The van der Waals surface area contributed by atoms with Crippen molar-refractivity contribution in [1.29, 1.82) is 10.5 Å². The predicted octanol–water partition coefficient (Wildman–Crippen LogP) is 3.45. The van der Waals surface area contributed by atoms with Crippen molar-refractivity contribution in [2.45, 2.75) is 13.5 Å².